The average molecular weight is 499 g/mol. The molecule has 2 saturated heterocycles. The first-order valence-electron chi connectivity index (χ1n) is 13.7. The van der Waals surface area contributed by atoms with Crippen molar-refractivity contribution in [2.24, 2.45) is 23.0 Å². The van der Waals surface area contributed by atoms with E-state index in [2.05, 4.69) is 15.5 Å². The second-order valence-electron chi connectivity index (χ2n) is 10.9. The molecule has 36 heavy (non-hydrogen) atoms. The highest BCUT2D eigenvalue weighted by Gasteiger charge is 2.47. The molecular weight excluding hydrogens is 456 g/mol. The van der Waals surface area contributed by atoms with Crippen molar-refractivity contribution in [3.05, 3.63) is 35.9 Å². The summed E-state index contributed by atoms with van der Waals surface area (Å²) in [6.07, 6.45) is 7.27. The molecule has 1 aliphatic carbocycles. The number of primary amides is 1. The van der Waals surface area contributed by atoms with Crippen molar-refractivity contribution in [3.8, 4) is 0 Å². The molecule has 3 amide bonds. The Kier molecular flexibility index (Phi) is 9.37. The molecule has 1 aromatic carbocycles. The summed E-state index contributed by atoms with van der Waals surface area (Å²) in [4.78, 5) is 41.3. The van der Waals surface area contributed by atoms with Gasteiger partial charge < -0.3 is 26.0 Å². The quantitative estimate of drug-likeness (QED) is 0.427. The van der Waals surface area contributed by atoms with Gasteiger partial charge in [0.15, 0.2) is 0 Å². The highest BCUT2D eigenvalue weighted by Crippen LogP contribution is 2.38. The summed E-state index contributed by atoms with van der Waals surface area (Å²) in [5, 5.41) is 6.00. The van der Waals surface area contributed by atoms with Crippen LogP contribution in [0.25, 0.3) is 0 Å². The van der Waals surface area contributed by atoms with E-state index in [4.69, 9.17) is 10.5 Å². The lowest BCUT2D eigenvalue weighted by molar-refractivity contribution is -0.143. The summed E-state index contributed by atoms with van der Waals surface area (Å²) in [5.74, 6) is -0.0379. The van der Waals surface area contributed by atoms with Crippen LogP contribution in [0.5, 0.6) is 0 Å². The number of carbonyl (C=O) groups is 3. The molecule has 8 heteroatoms. The predicted octanol–water partition coefficient (Wildman–Crippen LogP) is 2.01. The topological polar surface area (TPSA) is 114 Å². The van der Waals surface area contributed by atoms with Crippen LogP contribution in [0.2, 0.25) is 0 Å². The molecule has 0 spiro atoms. The van der Waals surface area contributed by atoms with Gasteiger partial charge in [0.25, 0.3) is 0 Å². The van der Waals surface area contributed by atoms with Gasteiger partial charge in [-0.2, -0.15) is 0 Å². The molecular formula is C28H42N4O4. The minimum atomic E-state index is -1.20. The number of benzene rings is 1. The van der Waals surface area contributed by atoms with Gasteiger partial charge in [-0.3, -0.25) is 14.4 Å². The first-order chi connectivity index (χ1) is 17.5. The largest absolute Gasteiger partial charge is 0.381 e. The maximum absolute atomic E-state index is 13.3. The van der Waals surface area contributed by atoms with Gasteiger partial charge in [0.2, 0.25) is 17.7 Å². The second kappa shape index (κ2) is 12.7. The van der Waals surface area contributed by atoms with Gasteiger partial charge in [0.1, 0.15) is 11.5 Å². The number of likely N-dealkylation sites (tertiary alicyclic amines) is 1. The number of rotatable bonds is 10. The van der Waals surface area contributed by atoms with Crippen LogP contribution in [0.4, 0.5) is 0 Å². The molecule has 1 unspecified atom stereocenters. The Labute approximate surface area is 214 Å². The number of nitrogens with two attached hydrogens (primary N) is 1. The number of carbonyl (C=O) groups excluding carboxylic acids is 3. The molecule has 1 aromatic rings. The smallest absolute Gasteiger partial charge is 0.242 e. The fraction of sp³-hybridized carbons (Fsp3) is 0.679. The van der Waals surface area contributed by atoms with Crippen molar-refractivity contribution in [1.29, 1.82) is 0 Å². The lowest BCUT2D eigenvalue weighted by Gasteiger charge is -2.35. The van der Waals surface area contributed by atoms with Crippen molar-refractivity contribution in [2.45, 2.75) is 63.8 Å². The van der Waals surface area contributed by atoms with Crippen LogP contribution >= 0.6 is 0 Å². The minimum absolute atomic E-state index is 0.200. The molecule has 3 fully saturated rings. The molecule has 0 bridgehead atoms. The van der Waals surface area contributed by atoms with Crippen LogP contribution in [0, 0.1) is 17.3 Å². The fourth-order valence-electron chi connectivity index (χ4n) is 5.95. The molecule has 0 aromatic heterocycles. The lowest BCUT2D eigenvalue weighted by Crippen LogP contribution is -2.55. The number of piperidine rings is 1. The van der Waals surface area contributed by atoms with Gasteiger partial charge in [0, 0.05) is 32.7 Å². The summed E-state index contributed by atoms with van der Waals surface area (Å²) in [7, 11) is 0. The third-order valence-corrected chi connectivity index (χ3v) is 8.40. The first-order valence-corrected chi connectivity index (χ1v) is 13.7. The summed E-state index contributed by atoms with van der Waals surface area (Å²) >= 11 is 0. The molecule has 0 radical (unpaired) electrons. The summed E-state index contributed by atoms with van der Waals surface area (Å²) in [6, 6.07) is 8.90. The van der Waals surface area contributed by atoms with Crippen LogP contribution in [0.1, 0.15) is 56.9 Å². The Balaban J connectivity index is 1.30. The van der Waals surface area contributed by atoms with Gasteiger partial charge in [-0.05, 0) is 69.0 Å². The van der Waals surface area contributed by atoms with Crippen molar-refractivity contribution in [2.75, 3.05) is 39.4 Å². The number of nitrogens with one attached hydrogen (secondary N) is 2. The van der Waals surface area contributed by atoms with E-state index >= 15 is 0 Å². The molecule has 1 atom stereocenters. The predicted molar refractivity (Wildman–Crippen MR) is 138 cm³/mol. The highest BCUT2D eigenvalue weighted by atomic mass is 16.5. The van der Waals surface area contributed by atoms with Gasteiger partial charge >= 0.3 is 0 Å². The van der Waals surface area contributed by atoms with Crippen LogP contribution < -0.4 is 16.4 Å². The molecule has 3 aliphatic rings. The zero-order valence-electron chi connectivity index (χ0n) is 21.4. The maximum Gasteiger partial charge on any atom is 0.242 e. The minimum Gasteiger partial charge on any atom is -0.381 e. The molecule has 1 saturated carbocycles. The van der Waals surface area contributed by atoms with Gasteiger partial charge in [-0.25, -0.2) is 0 Å². The molecule has 4 N–H and O–H groups in total. The molecule has 2 aliphatic heterocycles. The summed E-state index contributed by atoms with van der Waals surface area (Å²) in [5.41, 5.74) is 5.41. The van der Waals surface area contributed by atoms with Crippen LogP contribution in [-0.4, -0.2) is 68.1 Å². The van der Waals surface area contributed by atoms with Gasteiger partial charge in [-0.15, -0.1) is 0 Å². The monoisotopic (exact) mass is 498 g/mol. The molecule has 198 valence electrons. The van der Waals surface area contributed by atoms with Crippen molar-refractivity contribution >= 4 is 17.7 Å². The Hall–Kier alpha value is -2.45. The fourth-order valence-corrected chi connectivity index (χ4v) is 5.95. The third kappa shape index (κ3) is 6.85. The van der Waals surface area contributed by atoms with E-state index in [0.29, 0.717) is 31.7 Å². The Morgan fingerprint density at radius 3 is 2.31 bits per heavy atom. The molecule has 8 nitrogen and oxygen atoms in total. The zero-order chi connectivity index (χ0) is 25.4. The lowest BCUT2D eigenvalue weighted by atomic mass is 9.84. The Morgan fingerprint density at radius 2 is 1.67 bits per heavy atom. The van der Waals surface area contributed by atoms with E-state index in [0.717, 1.165) is 82.9 Å². The van der Waals surface area contributed by atoms with Crippen molar-refractivity contribution in [1.82, 2.24) is 15.5 Å². The normalized spacial score (nSPS) is 22.1. The summed E-state index contributed by atoms with van der Waals surface area (Å²) < 4.78 is 5.48. The van der Waals surface area contributed by atoms with E-state index < -0.39 is 23.3 Å². The van der Waals surface area contributed by atoms with Crippen LogP contribution in [-0.2, 0) is 25.5 Å². The second-order valence-corrected chi connectivity index (χ2v) is 10.9. The number of nitrogens with zero attached hydrogens (tertiary/aromatic N) is 1. The zero-order valence-corrected chi connectivity index (χ0v) is 21.4. The van der Waals surface area contributed by atoms with E-state index in [1.165, 1.54) is 0 Å². The third-order valence-electron chi connectivity index (χ3n) is 8.40. The van der Waals surface area contributed by atoms with E-state index in [9.17, 15) is 14.4 Å². The van der Waals surface area contributed by atoms with Crippen LogP contribution in [0.15, 0.2) is 30.3 Å². The first kappa shape index (κ1) is 26.6. The molecule has 4 rings (SSSR count). The average Bonchev–Trinajstić information content (AvgIpc) is 3.41. The number of hydrogen-bond donors (Lipinski definition) is 3. The van der Waals surface area contributed by atoms with Gasteiger partial charge in [-0.1, -0.05) is 43.2 Å². The number of hydrogen-bond acceptors (Lipinski definition) is 5. The molecule has 2 heterocycles. The summed E-state index contributed by atoms with van der Waals surface area (Å²) in [6.45, 7) is 5.64. The van der Waals surface area contributed by atoms with Gasteiger partial charge in [0.05, 0.1) is 0 Å². The van der Waals surface area contributed by atoms with E-state index in [-0.39, 0.29) is 5.91 Å². The van der Waals surface area contributed by atoms with E-state index in [1.54, 1.807) is 0 Å². The Morgan fingerprint density at radius 1 is 1.00 bits per heavy atom. The highest BCUT2D eigenvalue weighted by molar-refractivity contribution is 6.05. The van der Waals surface area contributed by atoms with Crippen molar-refractivity contribution < 1.29 is 19.1 Å². The van der Waals surface area contributed by atoms with E-state index in [1.807, 2.05) is 30.3 Å². The maximum atomic E-state index is 13.3. The number of ether oxygens (including phenoxy) is 1. The Bertz CT molecular complexity index is 873. The SMILES string of the molecule is NC(=O)C1(C(=O)NC(Cc2ccccc2)C(=O)NCC2CCN(CC3CCOCC3)CC2)CCCC1. The number of amides is 3. The van der Waals surface area contributed by atoms with Crippen molar-refractivity contribution in [3.63, 3.8) is 0 Å². The van der Waals surface area contributed by atoms with Crippen LogP contribution in [0.3, 0.4) is 0 Å². The standard InChI is InChI=1S/C28H42N4O4/c29-26(34)28(12-4-5-13-28)27(35)31-24(18-21-6-2-1-3-7-21)25(33)30-19-22-8-14-32(15-9-22)20-23-10-16-36-17-11-23/h1-3,6-7,22-24H,4-5,8-20H2,(H2,29,34)(H,30,33)(H,31,35).